The zero-order valence-corrected chi connectivity index (χ0v) is 12.5. The summed E-state index contributed by atoms with van der Waals surface area (Å²) in [4.78, 5) is 0. The molecule has 1 rings (SSSR count). The van der Waals surface area contributed by atoms with Crippen LogP contribution in [0.2, 0.25) is 0 Å². The molecule has 0 aliphatic heterocycles. The van der Waals surface area contributed by atoms with E-state index in [1.807, 2.05) is 30.3 Å². The van der Waals surface area contributed by atoms with Crippen LogP contribution in [0, 0.1) is 5.92 Å². The van der Waals surface area contributed by atoms with E-state index in [4.69, 9.17) is 4.74 Å². The number of benzene rings is 1. The average molecular weight is 263 g/mol. The molecule has 1 atom stereocenters. The Balaban J connectivity index is 2.13. The number of nitrogens with one attached hydrogen (secondary N) is 1. The van der Waals surface area contributed by atoms with Gasteiger partial charge in [0.05, 0.1) is 6.61 Å². The highest BCUT2D eigenvalue weighted by molar-refractivity contribution is 5.20. The number of para-hydroxylation sites is 1. The molecule has 0 aliphatic carbocycles. The maximum atomic E-state index is 5.74. The Kier molecular flexibility index (Phi) is 9.17. The number of hydrogen-bond donors (Lipinski definition) is 1. The van der Waals surface area contributed by atoms with Crippen LogP contribution in [-0.4, -0.2) is 19.7 Å². The van der Waals surface area contributed by atoms with Gasteiger partial charge in [0.25, 0.3) is 0 Å². The van der Waals surface area contributed by atoms with Crippen molar-refractivity contribution in [2.75, 3.05) is 19.7 Å². The fourth-order valence-electron chi connectivity index (χ4n) is 2.32. The van der Waals surface area contributed by atoms with Gasteiger partial charge in [0, 0.05) is 0 Å². The summed E-state index contributed by atoms with van der Waals surface area (Å²) >= 11 is 0. The van der Waals surface area contributed by atoms with E-state index in [-0.39, 0.29) is 0 Å². The summed E-state index contributed by atoms with van der Waals surface area (Å²) in [6.45, 7) is 7.62. The van der Waals surface area contributed by atoms with E-state index in [1.54, 1.807) is 0 Å². The molecule has 2 nitrogen and oxygen atoms in total. The van der Waals surface area contributed by atoms with Crippen molar-refractivity contribution < 1.29 is 4.74 Å². The first-order valence-corrected chi connectivity index (χ1v) is 7.75. The van der Waals surface area contributed by atoms with Crippen molar-refractivity contribution in [3.8, 4) is 5.75 Å². The van der Waals surface area contributed by atoms with Gasteiger partial charge in [-0.3, -0.25) is 0 Å². The highest BCUT2D eigenvalue weighted by atomic mass is 16.5. The molecule has 0 spiro atoms. The fraction of sp³-hybridized carbons (Fsp3) is 0.647. The van der Waals surface area contributed by atoms with Crippen LogP contribution in [0.1, 0.15) is 46.0 Å². The lowest BCUT2D eigenvalue weighted by Gasteiger charge is -2.17. The van der Waals surface area contributed by atoms with Gasteiger partial charge >= 0.3 is 0 Å². The van der Waals surface area contributed by atoms with E-state index >= 15 is 0 Å². The summed E-state index contributed by atoms with van der Waals surface area (Å²) in [7, 11) is 0. The molecule has 19 heavy (non-hydrogen) atoms. The second-order valence-corrected chi connectivity index (χ2v) is 5.16. The van der Waals surface area contributed by atoms with Gasteiger partial charge in [-0.1, -0.05) is 38.5 Å². The molecule has 0 heterocycles. The molecule has 0 saturated heterocycles. The molecule has 108 valence electrons. The van der Waals surface area contributed by atoms with Gasteiger partial charge < -0.3 is 10.1 Å². The Morgan fingerprint density at radius 1 is 1.05 bits per heavy atom. The standard InChI is InChI=1S/C17H29NO/c1-3-9-16(15-18-13-4-2)10-8-14-19-17-11-6-5-7-12-17/h5-7,11-12,16,18H,3-4,8-10,13-15H2,1-2H3. The van der Waals surface area contributed by atoms with Gasteiger partial charge in [0.2, 0.25) is 0 Å². The fourth-order valence-corrected chi connectivity index (χ4v) is 2.32. The summed E-state index contributed by atoms with van der Waals surface area (Å²) in [5.41, 5.74) is 0. The van der Waals surface area contributed by atoms with Gasteiger partial charge in [-0.2, -0.15) is 0 Å². The lowest BCUT2D eigenvalue weighted by Crippen LogP contribution is -2.24. The van der Waals surface area contributed by atoms with Crippen molar-refractivity contribution >= 4 is 0 Å². The van der Waals surface area contributed by atoms with Crippen molar-refractivity contribution in [3.63, 3.8) is 0 Å². The summed E-state index contributed by atoms with van der Waals surface area (Å²) in [5.74, 6) is 1.79. The quantitative estimate of drug-likeness (QED) is 0.602. The molecule has 0 aliphatic rings. The van der Waals surface area contributed by atoms with Crippen LogP contribution in [0.3, 0.4) is 0 Å². The van der Waals surface area contributed by atoms with E-state index in [2.05, 4.69) is 19.2 Å². The minimum atomic E-state index is 0.802. The third-order valence-electron chi connectivity index (χ3n) is 3.33. The van der Waals surface area contributed by atoms with Crippen molar-refractivity contribution in [2.24, 2.45) is 5.92 Å². The molecule has 1 aromatic rings. The van der Waals surface area contributed by atoms with Crippen molar-refractivity contribution in [2.45, 2.75) is 46.0 Å². The predicted molar refractivity (Wildman–Crippen MR) is 82.7 cm³/mol. The van der Waals surface area contributed by atoms with Crippen LogP contribution < -0.4 is 10.1 Å². The van der Waals surface area contributed by atoms with Crippen molar-refractivity contribution in [1.82, 2.24) is 5.32 Å². The lowest BCUT2D eigenvalue weighted by molar-refractivity contribution is 0.285. The smallest absolute Gasteiger partial charge is 0.119 e. The summed E-state index contributed by atoms with van der Waals surface area (Å²) in [5, 5.41) is 3.54. The molecule has 0 amide bonds. The zero-order valence-electron chi connectivity index (χ0n) is 12.5. The van der Waals surface area contributed by atoms with Crippen molar-refractivity contribution in [1.29, 1.82) is 0 Å². The third-order valence-corrected chi connectivity index (χ3v) is 3.33. The maximum Gasteiger partial charge on any atom is 0.119 e. The predicted octanol–water partition coefficient (Wildman–Crippen LogP) is 4.26. The normalized spacial score (nSPS) is 12.3. The first-order valence-electron chi connectivity index (χ1n) is 7.75. The highest BCUT2D eigenvalue weighted by Gasteiger charge is 2.07. The topological polar surface area (TPSA) is 21.3 Å². The number of hydrogen-bond acceptors (Lipinski definition) is 2. The van der Waals surface area contributed by atoms with Gasteiger partial charge in [-0.05, 0) is 56.8 Å². The molecule has 0 bridgehead atoms. The molecule has 1 aromatic carbocycles. The summed E-state index contributed by atoms with van der Waals surface area (Å²) < 4.78 is 5.74. The van der Waals surface area contributed by atoms with E-state index in [0.717, 1.165) is 37.8 Å². The van der Waals surface area contributed by atoms with Crippen LogP contribution in [-0.2, 0) is 0 Å². The van der Waals surface area contributed by atoms with E-state index in [9.17, 15) is 0 Å². The highest BCUT2D eigenvalue weighted by Crippen LogP contribution is 2.14. The van der Waals surface area contributed by atoms with Gasteiger partial charge in [0.1, 0.15) is 5.75 Å². The van der Waals surface area contributed by atoms with Crippen LogP contribution in [0.15, 0.2) is 30.3 Å². The molecule has 1 N–H and O–H groups in total. The molecule has 1 unspecified atom stereocenters. The Bertz CT molecular complexity index is 299. The molecule has 0 saturated carbocycles. The second-order valence-electron chi connectivity index (χ2n) is 5.16. The lowest BCUT2D eigenvalue weighted by atomic mass is 9.98. The first-order chi connectivity index (χ1) is 9.36. The number of ether oxygens (including phenoxy) is 1. The molecule has 0 radical (unpaired) electrons. The van der Waals surface area contributed by atoms with E-state index in [0.29, 0.717) is 0 Å². The largest absolute Gasteiger partial charge is 0.494 e. The molecule has 2 heteroatoms. The Labute approximate surface area is 118 Å². The molecule has 0 fully saturated rings. The Hall–Kier alpha value is -1.02. The van der Waals surface area contributed by atoms with E-state index < -0.39 is 0 Å². The van der Waals surface area contributed by atoms with Gasteiger partial charge in [-0.15, -0.1) is 0 Å². The first kappa shape index (κ1) is 16.0. The molecule has 0 aromatic heterocycles. The second kappa shape index (κ2) is 10.9. The average Bonchev–Trinajstić information content (AvgIpc) is 2.45. The van der Waals surface area contributed by atoms with E-state index in [1.165, 1.54) is 25.7 Å². The number of rotatable bonds is 11. The summed E-state index contributed by atoms with van der Waals surface area (Å²) in [6.07, 6.45) is 6.22. The summed E-state index contributed by atoms with van der Waals surface area (Å²) in [6, 6.07) is 10.1. The maximum absolute atomic E-state index is 5.74. The minimum absolute atomic E-state index is 0.802. The molecular formula is C17H29NO. The van der Waals surface area contributed by atoms with Crippen LogP contribution >= 0.6 is 0 Å². The molecular weight excluding hydrogens is 234 g/mol. The van der Waals surface area contributed by atoms with Crippen LogP contribution in [0.5, 0.6) is 5.75 Å². The van der Waals surface area contributed by atoms with Gasteiger partial charge in [0.15, 0.2) is 0 Å². The SMILES string of the molecule is CCCNCC(CCC)CCCOc1ccccc1. The Morgan fingerprint density at radius 2 is 1.84 bits per heavy atom. The third kappa shape index (κ3) is 7.89. The van der Waals surface area contributed by atoms with Crippen LogP contribution in [0.25, 0.3) is 0 Å². The zero-order chi connectivity index (χ0) is 13.8. The van der Waals surface area contributed by atoms with Crippen molar-refractivity contribution in [3.05, 3.63) is 30.3 Å². The minimum Gasteiger partial charge on any atom is -0.494 e. The van der Waals surface area contributed by atoms with Gasteiger partial charge in [-0.25, -0.2) is 0 Å². The Morgan fingerprint density at radius 3 is 2.53 bits per heavy atom. The van der Waals surface area contributed by atoms with Crippen LogP contribution in [0.4, 0.5) is 0 Å². The monoisotopic (exact) mass is 263 g/mol.